The van der Waals surface area contributed by atoms with E-state index in [-0.39, 0.29) is 16.6 Å². The molecular weight excluding hydrogens is 380 g/mol. The molecule has 7 nitrogen and oxygen atoms in total. The lowest BCUT2D eigenvalue weighted by atomic mass is 9.99. The molecule has 0 saturated carbocycles. The van der Waals surface area contributed by atoms with E-state index in [4.69, 9.17) is 9.47 Å². The molecule has 0 unspecified atom stereocenters. The summed E-state index contributed by atoms with van der Waals surface area (Å²) in [7, 11) is -0.944. The fourth-order valence-corrected chi connectivity index (χ4v) is 4.47. The molecule has 1 N–H and O–H groups in total. The van der Waals surface area contributed by atoms with Crippen molar-refractivity contribution in [3.8, 4) is 11.5 Å². The van der Waals surface area contributed by atoms with Gasteiger partial charge in [0.1, 0.15) is 16.4 Å². The Labute approximate surface area is 165 Å². The second-order valence-corrected chi connectivity index (χ2v) is 8.18. The summed E-state index contributed by atoms with van der Waals surface area (Å²) in [6.45, 7) is 3.02. The first-order valence-electron chi connectivity index (χ1n) is 9.02. The maximum atomic E-state index is 12.9. The third-order valence-electron chi connectivity index (χ3n) is 4.79. The number of hydrogen-bond donors (Lipinski definition) is 1. The minimum atomic E-state index is -3.85. The largest absolute Gasteiger partial charge is 0.497 e. The Morgan fingerprint density at radius 2 is 1.89 bits per heavy atom. The Morgan fingerprint density at radius 3 is 2.57 bits per heavy atom. The number of amides is 1. The zero-order valence-corrected chi connectivity index (χ0v) is 17.0. The lowest BCUT2D eigenvalue weighted by Gasteiger charge is -2.29. The lowest BCUT2D eigenvalue weighted by molar-refractivity contribution is -0.131. The van der Waals surface area contributed by atoms with Gasteiger partial charge in [-0.05, 0) is 41.8 Å². The quantitative estimate of drug-likeness (QED) is 0.800. The van der Waals surface area contributed by atoms with E-state index in [1.807, 2.05) is 13.0 Å². The summed E-state index contributed by atoms with van der Waals surface area (Å²) in [6.07, 6.45) is 1.22. The van der Waals surface area contributed by atoms with Crippen molar-refractivity contribution in [2.24, 2.45) is 0 Å². The zero-order chi connectivity index (χ0) is 20.3. The number of rotatable bonds is 6. The molecule has 0 fully saturated rings. The maximum Gasteiger partial charge on any atom is 0.265 e. The van der Waals surface area contributed by atoms with Crippen molar-refractivity contribution in [1.82, 2.24) is 4.90 Å². The van der Waals surface area contributed by atoms with Gasteiger partial charge in [0.15, 0.2) is 0 Å². The van der Waals surface area contributed by atoms with Crippen LogP contribution in [-0.4, -0.2) is 40.0 Å². The van der Waals surface area contributed by atoms with Crippen molar-refractivity contribution in [2.45, 2.75) is 31.2 Å². The third kappa shape index (κ3) is 4.06. The topological polar surface area (TPSA) is 84.9 Å². The van der Waals surface area contributed by atoms with Gasteiger partial charge >= 0.3 is 0 Å². The number of nitrogens with zero attached hydrogens (tertiary/aromatic N) is 1. The second kappa shape index (κ2) is 8.10. The van der Waals surface area contributed by atoms with E-state index in [0.717, 1.165) is 17.5 Å². The number of hydrogen-bond acceptors (Lipinski definition) is 5. The van der Waals surface area contributed by atoms with E-state index in [1.54, 1.807) is 23.1 Å². The van der Waals surface area contributed by atoms with E-state index in [2.05, 4.69) is 4.72 Å². The second-order valence-electron chi connectivity index (χ2n) is 6.52. The Balaban J connectivity index is 1.87. The predicted molar refractivity (Wildman–Crippen MR) is 106 cm³/mol. The van der Waals surface area contributed by atoms with Crippen LogP contribution in [0.5, 0.6) is 11.5 Å². The summed E-state index contributed by atoms with van der Waals surface area (Å²) in [6, 6.07) is 9.97. The summed E-state index contributed by atoms with van der Waals surface area (Å²) < 4.78 is 38.7. The van der Waals surface area contributed by atoms with Gasteiger partial charge in [0, 0.05) is 31.3 Å². The number of benzene rings is 2. The fraction of sp³-hybridized carbons (Fsp3) is 0.350. The maximum absolute atomic E-state index is 12.9. The Morgan fingerprint density at radius 1 is 1.11 bits per heavy atom. The van der Waals surface area contributed by atoms with Gasteiger partial charge in [-0.2, -0.15) is 0 Å². The zero-order valence-electron chi connectivity index (χ0n) is 16.2. The molecule has 2 aromatic rings. The van der Waals surface area contributed by atoms with Crippen LogP contribution in [0.3, 0.4) is 0 Å². The number of carbonyl (C=O) groups is 1. The minimum absolute atomic E-state index is 0.0244. The molecule has 0 atom stereocenters. The number of methoxy groups -OCH3 is 2. The van der Waals surface area contributed by atoms with Gasteiger partial charge in [0.05, 0.1) is 14.2 Å². The highest BCUT2D eigenvalue weighted by atomic mass is 32.2. The van der Waals surface area contributed by atoms with Crippen molar-refractivity contribution in [3.05, 3.63) is 47.5 Å². The van der Waals surface area contributed by atoms with Gasteiger partial charge in [-0.25, -0.2) is 8.42 Å². The number of fused-ring (bicyclic) bond motifs is 1. The molecule has 28 heavy (non-hydrogen) atoms. The van der Waals surface area contributed by atoms with Gasteiger partial charge in [-0.15, -0.1) is 0 Å². The van der Waals surface area contributed by atoms with E-state index in [1.165, 1.54) is 26.4 Å². The summed E-state index contributed by atoms with van der Waals surface area (Å²) in [5, 5.41) is 0. The summed E-state index contributed by atoms with van der Waals surface area (Å²) >= 11 is 0. The first-order valence-corrected chi connectivity index (χ1v) is 10.5. The Kier molecular flexibility index (Phi) is 5.79. The molecule has 8 heteroatoms. The van der Waals surface area contributed by atoms with Crippen LogP contribution < -0.4 is 14.2 Å². The molecule has 1 amide bonds. The van der Waals surface area contributed by atoms with Crippen LogP contribution in [0.4, 0.5) is 5.69 Å². The number of carbonyl (C=O) groups excluding carboxylic acids is 1. The third-order valence-corrected chi connectivity index (χ3v) is 6.21. The molecule has 1 aliphatic heterocycles. The first kappa shape index (κ1) is 20.0. The molecule has 1 aliphatic rings. The average Bonchev–Trinajstić information content (AvgIpc) is 2.71. The van der Waals surface area contributed by atoms with E-state index >= 15 is 0 Å². The fourth-order valence-electron chi connectivity index (χ4n) is 3.26. The van der Waals surface area contributed by atoms with Crippen LogP contribution in [-0.2, 0) is 27.8 Å². The van der Waals surface area contributed by atoms with Crippen molar-refractivity contribution in [1.29, 1.82) is 0 Å². The van der Waals surface area contributed by atoms with Crippen LogP contribution in [0.15, 0.2) is 41.3 Å². The van der Waals surface area contributed by atoms with Crippen molar-refractivity contribution < 1.29 is 22.7 Å². The van der Waals surface area contributed by atoms with Gasteiger partial charge in [0.25, 0.3) is 10.0 Å². The first-order chi connectivity index (χ1) is 13.4. The van der Waals surface area contributed by atoms with Crippen molar-refractivity contribution in [3.63, 3.8) is 0 Å². The van der Waals surface area contributed by atoms with Crippen LogP contribution in [0.2, 0.25) is 0 Å². The van der Waals surface area contributed by atoms with E-state index in [9.17, 15) is 13.2 Å². The summed E-state index contributed by atoms with van der Waals surface area (Å²) in [5.41, 5.74) is 2.53. The number of anilines is 1. The highest BCUT2D eigenvalue weighted by molar-refractivity contribution is 7.92. The lowest BCUT2D eigenvalue weighted by Crippen LogP contribution is -2.35. The number of sulfonamides is 1. The molecule has 2 aromatic carbocycles. The Bertz CT molecular complexity index is 988. The van der Waals surface area contributed by atoms with Gasteiger partial charge in [-0.1, -0.05) is 13.0 Å². The molecule has 0 aliphatic carbocycles. The predicted octanol–water partition coefficient (Wildman–Crippen LogP) is 2.80. The molecule has 0 saturated heterocycles. The van der Waals surface area contributed by atoms with Crippen molar-refractivity contribution in [2.75, 3.05) is 25.5 Å². The molecule has 3 rings (SSSR count). The molecule has 0 bridgehead atoms. The van der Waals surface area contributed by atoms with E-state index < -0.39 is 10.0 Å². The van der Waals surface area contributed by atoms with Gasteiger partial charge < -0.3 is 14.4 Å². The van der Waals surface area contributed by atoms with Crippen molar-refractivity contribution >= 4 is 21.6 Å². The summed E-state index contributed by atoms with van der Waals surface area (Å²) in [4.78, 5) is 13.8. The standard InChI is InChI=1S/C20H24N2O5S/c1-4-20(23)22-10-9-14-5-6-16(11-15(14)13-22)21-28(24,25)19-8-7-17(26-2)12-18(19)27-3/h5-8,11-12,21H,4,9-10,13H2,1-3H3. The SMILES string of the molecule is CCC(=O)N1CCc2ccc(NS(=O)(=O)c3ccc(OC)cc3OC)cc2C1. The Hall–Kier alpha value is -2.74. The monoisotopic (exact) mass is 404 g/mol. The molecule has 0 aromatic heterocycles. The molecule has 0 radical (unpaired) electrons. The average molecular weight is 404 g/mol. The van der Waals surface area contributed by atoms with Crippen LogP contribution >= 0.6 is 0 Å². The smallest absolute Gasteiger partial charge is 0.265 e. The minimum Gasteiger partial charge on any atom is -0.497 e. The number of ether oxygens (including phenoxy) is 2. The van der Waals surface area contributed by atoms with Crippen LogP contribution in [0.1, 0.15) is 24.5 Å². The van der Waals surface area contributed by atoms with Gasteiger partial charge in [-0.3, -0.25) is 9.52 Å². The normalized spacial score (nSPS) is 13.6. The molecule has 0 spiro atoms. The summed E-state index contributed by atoms with van der Waals surface area (Å²) in [5.74, 6) is 0.800. The van der Waals surface area contributed by atoms with Gasteiger partial charge in [0.2, 0.25) is 5.91 Å². The highest BCUT2D eigenvalue weighted by Crippen LogP contribution is 2.31. The number of nitrogens with one attached hydrogen (secondary N) is 1. The van der Waals surface area contributed by atoms with Crippen LogP contribution in [0.25, 0.3) is 0 Å². The molecule has 1 heterocycles. The molecule has 150 valence electrons. The van der Waals surface area contributed by atoms with Crippen LogP contribution in [0, 0.1) is 0 Å². The highest BCUT2D eigenvalue weighted by Gasteiger charge is 2.23. The molecular formula is C20H24N2O5S. The van der Waals surface area contributed by atoms with E-state index in [0.29, 0.717) is 30.9 Å².